The summed E-state index contributed by atoms with van der Waals surface area (Å²) < 4.78 is 89.3. The zero-order valence-electron chi connectivity index (χ0n) is 39.6. The Morgan fingerprint density at radius 1 is 0.292 bits per heavy atom. The third kappa shape index (κ3) is 10.2. The van der Waals surface area contributed by atoms with Crippen LogP contribution in [0.1, 0.15) is 11.1 Å². The van der Waals surface area contributed by atoms with E-state index in [1.165, 1.54) is 24.3 Å². The molecule has 12 heteroatoms. The van der Waals surface area contributed by atoms with Gasteiger partial charge in [0.25, 0.3) is 20.2 Å². The third-order valence-corrected chi connectivity index (χ3v) is 15.1. The van der Waals surface area contributed by atoms with Gasteiger partial charge in [0.2, 0.25) is 0 Å². The first kappa shape index (κ1) is 47.9. The van der Waals surface area contributed by atoms with E-state index in [0.29, 0.717) is 23.0 Å². The smallest absolute Gasteiger partial charge is 0.297 e. The Balaban J connectivity index is 0.937. The molecule has 0 spiro atoms. The van der Waals surface area contributed by atoms with Gasteiger partial charge in [0, 0.05) is 22.3 Å². The van der Waals surface area contributed by atoms with E-state index in [0.717, 1.165) is 76.5 Å². The van der Waals surface area contributed by atoms with E-state index in [9.17, 15) is 16.8 Å². The van der Waals surface area contributed by atoms with Gasteiger partial charge in [-0.05, 0) is 105 Å². The molecule has 0 radical (unpaired) electrons. The minimum absolute atomic E-state index is 0.0352. The van der Waals surface area contributed by atoms with Gasteiger partial charge in [0.05, 0.1) is 9.79 Å². The predicted octanol–water partition coefficient (Wildman–Crippen LogP) is 13.3. The molecule has 10 nitrogen and oxygen atoms in total. The Hall–Kier alpha value is -7.74. The summed E-state index contributed by atoms with van der Waals surface area (Å²) in [5.74, 6) is 2.28. The summed E-state index contributed by atoms with van der Waals surface area (Å²) in [6.45, 7) is 3.64. The fourth-order valence-electron chi connectivity index (χ4n) is 8.96. The van der Waals surface area contributed by atoms with Gasteiger partial charge >= 0.3 is 0 Å². The van der Waals surface area contributed by atoms with E-state index < -0.39 is 20.2 Å². The molecule has 0 saturated heterocycles. The largest absolute Gasteiger partial charge is 0.490 e. The molecule has 0 N–H and O–H groups in total. The van der Waals surface area contributed by atoms with Crippen molar-refractivity contribution in [3.05, 3.63) is 205 Å². The topological polar surface area (TPSA) is 124 Å². The Morgan fingerprint density at radius 3 is 0.819 bits per heavy atom. The van der Waals surface area contributed by atoms with E-state index in [-0.39, 0.29) is 49.4 Å². The fourth-order valence-corrected chi connectivity index (χ4v) is 10.7. The van der Waals surface area contributed by atoms with Gasteiger partial charge in [-0.2, -0.15) is 16.8 Å². The number of hydrogen-bond donors (Lipinski definition) is 0. The summed E-state index contributed by atoms with van der Waals surface area (Å²) >= 11 is 0. The fraction of sp³-hybridized carbons (Fsp3) is 0.133. The summed E-state index contributed by atoms with van der Waals surface area (Å²) in [6.07, 6.45) is 0. The second kappa shape index (κ2) is 20.9. The van der Waals surface area contributed by atoms with Gasteiger partial charge in [0.1, 0.15) is 62.6 Å². The van der Waals surface area contributed by atoms with Crippen molar-refractivity contribution in [2.45, 2.75) is 23.6 Å². The van der Waals surface area contributed by atoms with Crippen molar-refractivity contribution in [1.82, 2.24) is 0 Å². The zero-order valence-corrected chi connectivity index (χ0v) is 41.2. The average molecular weight is 995 g/mol. The zero-order chi connectivity index (χ0) is 49.7. The molecule has 0 bridgehead atoms. The van der Waals surface area contributed by atoms with Crippen LogP contribution in [-0.2, 0) is 28.6 Å². The lowest BCUT2D eigenvalue weighted by Crippen LogP contribution is -2.14. The molecular formula is C60H50O10S2. The molecule has 0 fully saturated rings. The highest BCUT2D eigenvalue weighted by atomic mass is 32.2. The van der Waals surface area contributed by atoms with Crippen LogP contribution in [0.3, 0.4) is 0 Å². The highest BCUT2D eigenvalue weighted by Crippen LogP contribution is 2.47. The number of benzene rings is 10. The van der Waals surface area contributed by atoms with E-state index in [1.807, 2.05) is 147 Å². The molecule has 10 aromatic carbocycles. The van der Waals surface area contributed by atoms with Crippen molar-refractivity contribution in [2.24, 2.45) is 0 Å². The molecule has 10 rings (SSSR count). The Morgan fingerprint density at radius 2 is 0.542 bits per heavy atom. The lowest BCUT2D eigenvalue weighted by atomic mass is 9.92. The van der Waals surface area contributed by atoms with Crippen LogP contribution in [0.2, 0.25) is 0 Å². The van der Waals surface area contributed by atoms with Gasteiger partial charge in [-0.3, -0.25) is 8.37 Å². The summed E-state index contributed by atoms with van der Waals surface area (Å²) in [6, 6.07) is 61.0. The van der Waals surface area contributed by atoms with Crippen molar-refractivity contribution in [1.29, 1.82) is 0 Å². The van der Waals surface area contributed by atoms with Crippen molar-refractivity contribution in [3.8, 4) is 45.3 Å². The summed E-state index contributed by atoms with van der Waals surface area (Å²) in [5, 5.41) is 7.69. The molecule has 0 unspecified atom stereocenters. The number of rotatable bonds is 19. The van der Waals surface area contributed by atoms with Gasteiger partial charge in [-0.15, -0.1) is 0 Å². The highest BCUT2D eigenvalue weighted by Gasteiger charge is 2.23. The molecule has 0 aromatic heterocycles. The molecule has 0 saturated carbocycles. The molecule has 72 heavy (non-hydrogen) atoms. The van der Waals surface area contributed by atoms with Crippen LogP contribution in [0.5, 0.6) is 23.0 Å². The molecular weight excluding hydrogens is 945 g/mol. The minimum Gasteiger partial charge on any atom is -0.490 e. The molecule has 10 aromatic rings. The first-order valence-corrected chi connectivity index (χ1v) is 26.4. The van der Waals surface area contributed by atoms with Crippen LogP contribution in [-0.4, -0.2) is 56.5 Å². The summed E-state index contributed by atoms with van der Waals surface area (Å²) in [4.78, 5) is 0.162. The van der Waals surface area contributed by atoms with Crippen molar-refractivity contribution in [3.63, 3.8) is 0 Å². The first-order chi connectivity index (χ1) is 35.0. The molecule has 0 aliphatic rings. The molecule has 0 heterocycles. The SMILES string of the molecule is Cc1ccc(S(=O)(=O)OCCOc2ccc3ccccc3c2-c2c(OCCOc3ccc4ccccc4c3-c3c(OCCOS(=O)(=O)c4ccc(C)cc4)ccc4ccccc34)ccc3ccccc23)cc1. The van der Waals surface area contributed by atoms with Gasteiger partial charge in [-0.1, -0.05) is 157 Å². The third-order valence-electron chi connectivity index (χ3n) is 12.4. The van der Waals surface area contributed by atoms with E-state index in [2.05, 4.69) is 12.1 Å². The van der Waals surface area contributed by atoms with Crippen LogP contribution in [0.25, 0.3) is 65.3 Å². The Bertz CT molecular complexity index is 3570. The Kier molecular flexibility index (Phi) is 13.9. The van der Waals surface area contributed by atoms with Crippen LogP contribution in [0.15, 0.2) is 204 Å². The standard InChI is InChI=1S/C60H50O10S2/c1-41-19-27-47(28-20-41)71(61,62)69-39-37-67-55-33-25-45-13-5-9-17-51(45)59(55)57-49-15-7-3-11-43(49)23-31-53(57)65-35-36-66-54-32-24-44-12-4-8-16-50(44)58(54)60-52-18-10-6-14-46(52)26-34-56(60)68-38-40-70-72(63,64)48-29-21-42(2)22-30-48/h3-34H,35-40H2,1-2H3. The van der Waals surface area contributed by atoms with Gasteiger partial charge in [0.15, 0.2) is 0 Å². The van der Waals surface area contributed by atoms with Crippen LogP contribution in [0.4, 0.5) is 0 Å². The monoisotopic (exact) mass is 994 g/mol. The first-order valence-electron chi connectivity index (χ1n) is 23.6. The van der Waals surface area contributed by atoms with Crippen molar-refractivity contribution < 1.29 is 44.1 Å². The van der Waals surface area contributed by atoms with Gasteiger partial charge < -0.3 is 18.9 Å². The predicted molar refractivity (Wildman–Crippen MR) is 284 cm³/mol. The minimum atomic E-state index is -4.00. The molecule has 362 valence electrons. The van der Waals surface area contributed by atoms with E-state index in [1.54, 1.807) is 24.3 Å². The molecule has 0 amide bonds. The lowest BCUT2D eigenvalue weighted by Gasteiger charge is -2.21. The molecule has 0 aliphatic carbocycles. The van der Waals surface area contributed by atoms with Crippen molar-refractivity contribution in [2.75, 3.05) is 39.6 Å². The second-order valence-electron chi connectivity index (χ2n) is 17.2. The number of ether oxygens (including phenoxy) is 4. The summed E-state index contributed by atoms with van der Waals surface area (Å²) in [5.41, 5.74) is 5.10. The van der Waals surface area contributed by atoms with Crippen LogP contribution >= 0.6 is 0 Å². The molecule has 0 aliphatic heterocycles. The highest BCUT2D eigenvalue weighted by molar-refractivity contribution is 7.87. The summed E-state index contributed by atoms with van der Waals surface area (Å²) in [7, 11) is -8.00. The molecule has 0 atom stereocenters. The lowest BCUT2D eigenvalue weighted by molar-refractivity contribution is 0.217. The maximum Gasteiger partial charge on any atom is 0.297 e. The normalized spacial score (nSPS) is 11.9. The number of fused-ring (bicyclic) bond motifs is 4. The van der Waals surface area contributed by atoms with Crippen LogP contribution in [0, 0.1) is 13.8 Å². The average Bonchev–Trinajstić information content (AvgIpc) is 3.40. The maximum atomic E-state index is 13.0. The maximum absolute atomic E-state index is 13.0. The van der Waals surface area contributed by atoms with E-state index >= 15 is 0 Å². The number of aryl methyl sites for hydroxylation is 2. The van der Waals surface area contributed by atoms with Crippen LogP contribution < -0.4 is 18.9 Å². The number of hydrogen-bond acceptors (Lipinski definition) is 10. The van der Waals surface area contributed by atoms with Crippen molar-refractivity contribution >= 4 is 63.3 Å². The quantitative estimate of drug-likeness (QED) is 0.0571. The second-order valence-corrected chi connectivity index (χ2v) is 20.4. The Labute approximate surface area is 419 Å². The van der Waals surface area contributed by atoms with E-state index in [4.69, 9.17) is 27.3 Å². The van der Waals surface area contributed by atoms with Gasteiger partial charge in [-0.25, -0.2) is 0 Å².